The number of carboxylic acid groups (broad SMARTS) is 1. The van der Waals surface area contributed by atoms with E-state index < -0.39 is 23.2 Å². The first-order valence-electron chi connectivity index (χ1n) is 5.77. The molecule has 0 saturated heterocycles. The minimum Gasteiger partial charge on any atom is -0.480 e. The Morgan fingerprint density at radius 3 is 2.06 bits per heavy atom. The van der Waals surface area contributed by atoms with Crippen LogP contribution in [0.3, 0.4) is 0 Å². The molecule has 0 saturated carbocycles. The molecular weight excluding hydrogens is 222 g/mol. The Kier molecular flexibility index (Phi) is 4.98. The van der Waals surface area contributed by atoms with Gasteiger partial charge in [-0.2, -0.15) is 0 Å². The van der Waals surface area contributed by atoms with E-state index >= 15 is 0 Å². The summed E-state index contributed by atoms with van der Waals surface area (Å²) in [6.45, 7) is 10.3. The number of nitrogens with one attached hydrogen (secondary N) is 1. The number of rotatable bonds is 4. The third-order valence-corrected chi connectivity index (χ3v) is 2.80. The lowest BCUT2D eigenvalue weighted by atomic mass is 9.85. The van der Waals surface area contributed by atoms with Gasteiger partial charge in [-0.1, -0.05) is 20.3 Å². The second kappa shape index (κ2) is 5.38. The molecule has 0 spiro atoms. The van der Waals surface area contributed by atoms with Gasteiger partial charge in [0.1, 0.15) is 11.1 Å². The first-order valence-corrected chi connectivity index (χ1v) is 5.77. The van der Waals surface area contributed by atoms with Crippen molar-refractivity contribution < 1.29 is 19.4 Å². The maximum absolute atomic E-state index is 11.6. The van der Waals surface area contributed by atoms with Crippen LogP contribution in [0.2, 0.25) is 0 Å². The standard InChI is InChI=1S/C12H23NO4/c1-7-8(2)12(6,9(14)15)13-10(16)17-11(3,4)5/h8H,7H2,1-6H3,(H,13,16)(H,14,15)/t8-,12+/m1/s1. The highest BCUT2D eigenvalue weighted by atomic mass is 16.6. The van der Waals surface area contributed by atoms with Crippen molar-refractivity contribution in [2.45, 2.75) is 59.1 Å². The molecule has 0 aliphatic carbocycles. The van der Waals surface area contributed by atoms with Crippen molar-refractivity contribution in [2.24, 2.45) is 5.92 Å². The van der Waals surface area contributed by atoms with Crippen LogP contribution in [-0.2, 0) is 9.53 Å². The van der Waals surface area contributed by atoms with Crippen molar-refractivity contribution >= 4 is 12.1 Å². The van der Waals surface area contributed by atoms with Gasteiger partial charge in [-0.25, -0.2) is 9.59 Å². The smallest absolute Gasteiger partial charge is 0.408 e. The Labute approximate surface area is 103 Å². The molecule has 17 heavy (non-hydrogen) atoms. The highest BCUT2D eigenvalue weighted by Crippen LogP contribution is 2.21. The Hall–Kier alpha value is -1.26. The summed E-state index contributed by atoms with van der Waals surface area (Å²) in [5.74, 6) is -1.25. The summed E-state index contributed by atoms with van der Waals surface area (Å²) in [5, 5.41) is 11.7. The molecule has 0 heterocycles. The molecule has 0 unspecified atom stereocenters. The minimum atomic E-state index is -1.31. The van der Waals surface area contributed by atoms with Crippen molar-refractivity contribution in [2.75, 3.05) is 0 Å². The SMILES string of the molecule is CC[C@@H](C)[C@](C)(NC(=O)OC(C)(C)C)C(=O)O. The lowest BCUT2D eigenvalue weighted by Crippen LogP contribution is -2.57. The molecule has 0 aliphatic heterocycles. The number of amides is 1. The summed E-state index contributed by atoms with van der Waals surface area (Å²) in [6, 6.07) is 0. The van der Waals surface area contributed by atoms with Crippen LogP contribution in [0.4, 0.5) is 4.79 Å². The molecule has 5 heteroatoms. The fraction of sp³-hybridized carbons (Fsp3) is 0.833. The van der Waals surface area contributed by atoms with Crippen molar-refractivity contribution in [1.29, 1.82) is 0 Å². The van der Waals surface area contributed by atoms with Crippen LogP contribution in [0, 0.1) is 5.92 Å². The molecule has 0 aromatic carbocycles. The molecule has 0 bridgehead atoms. The molecule has 2 atom stereocenters. The predicted molar refractivity (Wildman–Crippen MR) is 64.9 cm³/mol. The van der Waals surface area contributed by atoms with E-state index in [0.29, 0.717) is 6.42 Å². The minimum absolute atomic E-state index is 0.187. The fourth-order valence-corrected chi connectivity index (χ4v) is 1.31. The van der Waals surface area contributed by atoms with Crippen LogP contribution in [0.25, 0.3) is 0 Å². The summed E-state index contributed by atoms with van der Waals surface area (Å²) < 4.78 is 5.06. The number of carboxylic acids is 1. The maximum atomic E-state index is 11.6. The summed E-state index contributed by atoms with van der Waals surface area (Å²) in [5.41, 5.74) is -1.95. The van der Waals surface area contributed by atoms with E-state index in [-0.39, 0.29) is 5.92 Å². The van der Waals surface area contributed by atoms with Crippen LogP contribution >= 0.6 is 0 Å². The first-order chi connectivity index (χ1) is 7.53. The molecule has 0 aromatic heterocycles. The number of ether oxygens (including phenoxy) is 1. The second-order valence-electron chi connectivity index (χ2n) is 5.44. The van der Waals surface area contributed by atoms with E-state index in [2.05, 4.69) is 5.32 Å². The molecule has 0 fully saturated rings. The van der Waals surface area contributed by atoms with Gasteiger partial charge in [-0.15, -0.1) is 0 Å². The lowest BCUT2D eigenvalue weighted by Gasteiger charge is -2.32. The van der Waals surface area contributed by atoms with Gasteiger partial charge in [-0.05, 0) is 33.6 Å². The number of carbonyl (C=O) groups excluding carboxylic acids is 1. The van der Waals surface area contributed by atoms with Gasteiger partial charge >= 0.3 is 12.1 Å². The molecule has 0 aliphatic rings. The Bertz CT molecular complexity index is 295. The molecule has 0 rings (SSSR count). The topological polar surface area (TPSA) is 75.6 Å². The van der Waals surface area contributed by atoms with Gasteiger partial charge < -0.3 is 15.2 Å². The summed E-state index contributed by atoms with van der Waals surface area (Å²) in [4.78, 5) is 22.9. The molecule has 2 N–H and O–H groups in total. The Balaban J connectivity index is 4.79. The van der Waals surface area contributed by atoms with Crippen LogP contribution in [0.5, 0.6) is 0 Å². The van der Waals surface area contributed by atoms with E-state index in [0.717, 1.165) is 0 Å². The normalized spacial score (nSPS) is 16.8. The zero-order chi connectivity index (χ0) is 13.9. The van der Waals surface area contributed by atoms with Crippen LogP contribution in [0.1, 0.15) is 48.0 Å². The number of aliphatic carboxylic acids is 1. The van der Waals surface area contributed by atoms with Gasteiger partial charge in [0.15, 0.2) is 0 Å². The third-order valence-electron chi connectivity index (χ3n) is 2.80. The van der Waals surface area contributed by atoms with Gasteiger partial charge in [0, 0.05) is 0 Å². The maximum Gasteiger partial charge on any atom is 0.408 e. The van der Waals surface area contributed by atoms with Crippen molar-refractivity contribution in [1.82, 2.24) is 5.32 Å². The summed E-state index contributed by atoms with van der Waals surface area (Å²) in [7, 11) is 0. The van der Waals surface area contributed by atoms with Gasteiger partial charge in [-0.3, -0.25) is 0 Å². The Morgan fingerprint density at radius 2 is 1.76 bits per heavy atom. The average Bonchev–Trinajstić information content (AvgIpc) is 2.12. The van der Waals surface area contributed by atoms with E-state index in [1.807, 2.05) is 6.92 Å². The highest BCUT2D eigenvalue weighted by Gasteiger charge is 2.40. The number of alkyl carbamates (subject to hydrolysis) is 1. The van der Waals surface area contributed by atoms with Gasteiger partial charge in [0.05, 0.1) is 0 Å². The van der Waals surface area contributed by atoms with Crippen LogP contribution in [-0.4, -0.2) is 28.3 Å². The molecule has 100 valence electrons. The molecule has 0 aromatic rings. The number of hydrogen-bond acceptors (Lipinski definition) is 3. The van der Waals surface area contributed by atoms with E-state index in [1.54, 1.807) is 27.7 Å². The predicted octanol–water partition coefficient (Wildman–Crippen LogP) is 2.40. The summed E-state index contributed by atoms with van der Waals surface area (Å²) >= 11 is 0. The van der Waals surface area contributed by atoms with Crippen LogP contribution < -0.4 is 5.32 Å². The van der Waals surface area contributed by atoms with Gasteiger partial charge in [0.2, 0.25) is 0 Å². The van der Waals surface area contributed by atoms with E-state index in [9.17, 15) is 14.7 Å². The lowest BCUT2D eigenvalue weighted by molar-refractivity contribution is -0.146. The Morgan fingerprint density at radius 1 is 1.29 bits per heavy atom. The van der Waals surface area contributed by atoms with Crippen molar-refractivity contribution in [3.05, 3.63) is 0 Å². The number of hydrogen-bond donors (Lipinski definition) is 2. The molecule has 5 nitrogen and oxygen atoms in total. The molecule has 0 radical (unpaired) electrons. The third kappa shape index (κ3) is 4.63. The van der Waals surface area contributed by atoms with Crippen LogP contribution in [0.15, 0.2) is 0 Å². The monoisotopic (exact) mass is 245 g/mol. The summed E-state index contributed by atoms with van der Waals surface area (Å²) in [6.07, 6.45) is -0.0544. The van der Waals surface area contributed by atoms with Gasteiger partial charge in [0.25, 0.3) is 0 Å². The molecule has 1 amide bonds. The van der Waals surface area contributed by atoms with Crippen molar-refractivity contribution in [3.63, 3.8) is 0 Å². The highest BCUT2D eigenvalue weighted by molar-refractivity contribution is 5.84. The average molecular weight is 245 g/mol. The molecular formula is C12H23NO4. The fourth-order valence-electron chi connectivity index (χ4n) is 1.31. The zero-order valence-electron chi connectivity index (χ0n) is 11.5. The van der Waals surface area contributed by atoms with E-state index in [4.69, 9.17) is 4.74 Å². The number of carbonyl (C=O) groups is 2. The van der Waals surface area contributed by atoms with E-state index in [1.165, 1.54) is 6.92 Å². The second-order valence-corrected chi connectivity index (χ2v) is 5.44. The van der Waals surface area contributed by atoms with Crippen molar-refractivity contribution in [3.8, 4) is 0 Å². The first kappa shape index (κ1) is 15.7. The quantitative estimate of drug-likeness (QED) is 0.797. The largest absolute Gasteiger partial charge is 0.480 e. The zero-order valence-corrected chi connectivity index (χ0v) is 11.5.